The fourth-order valence-electron chi connectivity index (χ4n) is 2.72. The number of amides is 2. The molecule has 0 spiro atoms. The van der Waals surface area contributed by atoms with Crippen LogP contribution in [-0.4, -0.2) is 21.4 Å². The Balaban J connectivity index is 1.56. The zero-order chi connectivity index (χ0) is 16.9. The fourth-order valence-corrected chi connectivity index (χ4v) is 3.58. The molecule has 3 rings (SSSR count). The van der Waals surface area contributed by atoms with Gasteiger partial charge in [0.15, 0.2) is 0 Å². The zero-order valence-electron chi connectivity index (χ0n) is 13.6. The minimum absolute atomic E-state index is 0.184. The van der Waals surface area contributed by atoms with Crippen LogP contribution in [0.2, 0.25) is 0 Å². The highest BCUT2D eigenvalue weighted by Gasteiger charge is 2.31. The van der Waals surface area contributed by atoms with Crippen LogP contribution in [0.25, 0.3) is 0 Å². The smallest absolute Gasteiger partial charge is 0.286 e. The van der Waals surface area contributed by atoms with Crippen LogP contribution in [0.1, 0.15) is 29.4 Å². The molecule has 0 saturated carbocycles. The lowest BCUT2D eigenvalue weighted by Gasteiger charge is -2.07. The van der Waals surface area contributed by atoms with Crippen LogP contribution < -0.4 is 5.32 Å². The van der Waals surface area contributed by atoms with E-state index in [2.05, 4.69) is 47.6 Å². The van der Waals surface area contributed by atoms with E-state index in [1.807, 2.05) is 12.1 Å². The molecule has 124 valence electrons. The molecule has 5 heteroatoms. The second kappa shape index (κ2) is 7.62. The van der Waals surface area contributed by atoms with Crippen LogP contribution in [0.4, 0.5) is 4.79 Å². The van der Waals surface area contributed by atoms with Gasteiger partial charge in [0.25, 0.3) is 5.24 Å². The van der Waals surface area contributed by atoms with E-state index in [0.717, 1.165) is 48.0 Å². The zero-order valence-corrected chi connectivity index (χ0v) is 14.4. The van der Waals surface area contributed by atoms with Crippen molar-refractivity contribution in [3.05, 3.63) is 65.0 Å². The van der Waals surface area contributed by atoms with Crippen LogP contribution in [0.5, 0.6) is 0 Å². The second-order valence-electron chi connectivity index (χ2n) is 5.88. The minimum atomic E-state index is -0.302. The lowest BCUT2D eigenvalue weighted by molar-refractivity contribution is -0.118. The molecule has 2 aromatic rings. The van der Waals surface area contributed by atoms with E-state index in [1.54, 1.807) is 0 Å². The Morgan fingerprint density at radius 2 is 1.71 bits per heavy atom. The van der Waals surface area contributed by atoms with Crippen molar-refractivity contribution in [1.29, 1.82) is 0 Å². The fraction of sp³-hybridized carbons (Fsp3) is 0.316. The molecule has 0 radical (unpaired) electrons. The molecule has 0 aliphatic carbocycles. The molecule has 1 N–H and O–H groups in total. The molecule has 1 aromatic carbocycles. The van der Waals surface area contributed by atoms with Crippen molar-refractivity contribution in [2.45, 2.75) is 37.9 Å². The molecule has 1 atom stereocenters. The van der Waals surface area contributed by atoms with Crippen LogP contribution in [0, 0.1) is 0 Å². The molecule has 2 amide bonds. The summed E-state index contributed by atoms with van der Waals surface area (Å²) in [6, 6.07) is 14.5. The van der Waals surface area contributed by atoms with E-state index in [4.69, 9.17) is 0 Å². The molecule has 1 fully saturated rings. The number of hydrogen-bond donors (Lipinski definition) is 1. The largest absolute Gasteiger partial charge is 0.286 e. The summed E-state index contributed by atoms with van der Waals surface area (Å²) in [5, 5.41) is 1.78. The minimum Gasteiger partial charge on any atom is -0.286 e. The van der Waals surface area contributed by atoms with Gasteiger partial charge in [-0.05, 0) is 48.9 Å². The molecule has 0 bridgehead atoms. The van der Waals surface area contributed by atoms with Crippen molar-refractivity contribution in [1.82, 2.24) is 10.3 Å². The summed E-state index contributed by atoms with van der Waals surface area (Å²) in [4.78, 5) is 27.4. The van der Waals surface area contributed by atoms with E-state index < -0.39 is 0 Å². The van der Waals surface area contributed by atoms with Crippen molar-refractivity contribution in [3.63, 3.8) is 0 Å². The summed E-state index contributed by atoms with van der Waals surface area (Å²) >= 11 is 1.08. The molecule has 1 aliphatic heterocycles. The van der Waals surface area contributed by atoms with Gasteiger partial charge in [-0.15, -0.1) is 0 Å². The molecule has 2 heterocycles. The van der Waals surface area contributed by atoms with Gasteiger partial charge >= 0.3 is 0 Å². The Hall–Kier alpha value is -2.14. The van der Waals surface area contributed by atoms with Crippen molar-refractivity contribution in [3.8, 4) is 0 Å². The van der Waals surface area contributed by atoms with Gasteiger partial charge in [-0.25, -0.2) is 0 Å². The Morgan fingerprint density at radius 1 is 1.00 bits per heavy atom. The maximum absolute atomic E-state index is 11.6. The van der Waals surface area contributed by atoms with E-state index in [-0.39, 0.29) is 16.4 Å². The normalized spacial score (nSPS) is 17.1. The van der Waals surface area contributed by atoms with Gasteiger partial charge in [0, 0.05) is 11.4 Å². The van der Waals surface area contributed by atoms with E-state index in [9.17, 15) is 9.59 Å². The number of nitrogens with zero attached hydrogens (tertiary/aromatic N) is 1. The lowest BCUT2D eigenvalue weighted by atomic mass is 10.0. The molecule has 1 saturated heterocycles. The molecule has 4 nitrogen and oxygen atoms in total. The van der Waals surface area contributed by atoms with Gasteiger partial charge in [0.05, 0.1) is 5.25 Å². The van der Waals surface area contributed by atoms with Gasteiger partial charge in [-0.3, -0.25) is 19.9 Å². The summed E-state index contributed by atoms with van der Waals surface area (Å²) in [5.74, 6) is -0.184. The maximum atomic E-state index is 11.6. The monoisotopic (exact) mass is 340 g/mol. The first-order chi connectivity index (χ1) is 11.6. The topological polar surface area (TPSA) is 59.1 Å². The third-order valence-electron chi connectivity index (χ3n) is 4.11. The molecule has 1 unspecified atom stereocenters. The summed E-state index contributed by atoms with van der Waals surface area (Å²) in [6.45, 7) is 2.11. The Kier molecular flexibility index (Phi) is 5.30. The quantitative estimate of drug-likeness (QED) is 0.876. The molecule has 1 aromatic heterocycles. The third-order valence-corrected chi connectivity index (χ3v) is 5.09. The van der Waals surface area contributed by atoms with Crippen molar-refractivity contribution >= 4 is 22.9 Å². The van der Waals surface area contributed by atoms with Gasteiger partial charge < -0.3 is 0 Å². The highest BCUT2D eigenvalue weighted by atomic mass is 32.2. The molecular weight excluding hydrogens is 320 g/mol. The SMILES string of the molecule is CCc1cccc(CCc2ccc(CC3SC(=O)NC3=O)cc2)n1. The number of imide groups is 1. The number of nitrogens with one attached hydrogen (secondary N) is 1. The van der Waals surface area contributed by atoms with Gasteiger partial charge in [0.1, 0.15) is 0 Å². The van der Waals surface area contributed by atoms with Crippen molar-refractivity contribution in [2.24, 2.45) is 0 Å². The Morgan fingerprint density at radius 3 is 2.38 bits per heavy atom. The van der Waals surface area contributed by atoms with Crippen LogP contribution in [0.15, 0.2) is 42.5 Å². The van der Waals surface area contributed by atoms with Crippen molar-refractivity contribution in [2.75, 3.05) is 0 Å². The Labute approximate surface area is 146 Å². The third kappa shape index (κ3) is 4.23. The van der Waals surface area contributed by atoms with Crippen LogP contribution in [-0.2, 0) is 30.5 Å². The van der Waals surface area contributed by atoms with Gasteiger partial charge in [-0.1, -0.05) is 49.0 Å². The second-order valence-corrected chi connectivity index (χ2v) is 7.05. The Bertz CT molecular complexity index is 743. The summed E-state index contributed by atoms with van der Waals surface area (Å²) < 4.78 is 0. The van der Waals surface area contributed by atoms with Gasteiger partial charge in [-0.2, -0.15) is 0 Å². The highest BCUT2D eigenvalue weighted by Crippen LogP contribution is 2.23. The maximum Gasteiger partial charge on any atom is 0.286 e. The lowest BCUT2D eigenvalue weighted by Crippen LogP contribution is -2.25. The van der Waals surface area contributed by atoms with Gasteiger partial charge in [0.2, 0.25) is 5.91 Å². The number of pyridine rings is 1. The number of thioether (sulfide) groups is 1. The first-order valence-electron chi connectivity index (χ1n) is 8.18. The number of aromatic nitrogens is 1. The number of hydrogen-bond acceptors (Lipinski definition) is 4. The van der Waals surface area contributed by atoms with E-state index in [1.165, 1.54) is 5.56 Å². The standard InChI is InChI=1S/C19H20N2O2S/c1-2-15-4-3-5-16(20-15)11-10-13-6-8-14(9-7-13)12-17-18(22)21-19(23)24-17/h3-9,17H,2,10-12H2,1H3,(H,21,22,23). The van der Waals surface area contributed by atoms with Crippen LogP contribution >= 0.6 is 11.8 Å². The van der Waals surface area contributed by atoms with Crippen molar-refractivity contribution < 1.29 is 9.59 Å². The number of carbonyl (C=O) groups is 2. The summed E-state index contributed by atoms with van der Waals surface area (Å²) in [6.07, 6.45) is 3.40. The number of aryl methyl sites for hydroxylation is 3. The van der Waals surface area contributed by atoms with Crippen LogP contribution in [0.3, 0.4) is 0 Å². The summed E-state index contributed by atoms with van der Waals surface area (Å²) in [5.41, 5.74) is 4.58. The predicted octanol–water partition coefficient (Wildman–Crippen LogP) is 3.32. The number of rotatable bonds is 6. The first-order valence-corrected chi connectivity index (χ1v) is 9.06. The van der Waals surface area contributed by atoms with E-state index in [0.29, 0.717) is 6.42 Å². The molecule has 24 heavy (non-hydrogen) atoms. The average Bonchev–Trinajstić information content (AvgIpc) is 2.91. The molecular formula is C19H20N2O2S. The number of carbonyl (C=O) groups excluding carboxylic acids is 2. The molecule has 1 aliphatic rings. The number of benzene rings is 1. The summed E-state index contributed by atoms with van der Waals surface area (Å²) in [7, 11) is 0. The van der Waals surface area contributed by atoms with E-state index >= 15 is 0 Å². The average molecular weight is 340 g/mol. The highest BCUT2D eigenvalue weighted by molar-refractivity contribution is 8.15. The predicted molar refractivity (Wildman–Crippen MR) is 96.1 cm³/mol. The first kappa shape index (κ1) is 16.7.